The van der Waals surface area contributed by atoms with Crippen molar-refractivity contribution in [2.24, 2.45) is 0 Å². The van der Waals surface area contributed by atoms with Gasteiger partial charge in [-0.05, 0) is 29.1 Å². The summed E-state index contributed by atoms with van der Waals surface area (Å²) in [6, 6.07) is 10.9. The number of amides is 1. The van der Waals surface area contributed by atoms with Crippen LogP contribution in [0.4, 0.5) is 0 Å². The lowest BCUT2D eigenvalue weighted by atomic mass is 10.1. The van der Waals surface area contributed by atoms with E-state index in [1.807, 2.05) is 24.4 Å². The number of methoxy groups -OCH3 is 1. The zero-order valence-corrected chi connectivity index (χ0v) is 12.9. The number of thiophene rings is 1. The molecule has 5 heteroatoms. The van der Waals surface area contributed by atoms with E-state index in [2.05, 4.69) is 5.32 Å². The molecule has 0 saturated heterocycles. The molecule has 0 unspecified atom stereocenters. The van der Waals surface area contributed by atoms with Gasteiger partial charge in [0, 0.05) is 17.3 Å². The van der Waals surface area contributed by atoms with Crippen LogP contribution in [0.1, 0.15) is 29.4 Å². The largest absolute Gasteiger partial charge is 0.497 e. The maximum absolute atomic E-state index is 12.0. The normalized spacial score (nSPS) is 13.5. The molecule has 0 bridgehead atoms. The van der Waals surface area contributed by atoms with Crippen molar-refractivity contribution in [3.05, 3.63) is 52.2 Å². The van der Waals surface area contributed by atoms with E-state index < -0.39 is 12.0 Å². The molecule has 1 amide bonds. The Morgan fingerprint density at radius 3 is 2.86 bits per heavy atom. The molecule has 0 aliphatic carbocycles. The van der Waals surface area contributed by atoms with Gasteiger partial charge in [-0.2, -0.15) is 0 Å². The summed E-state index contributed by atoms with van der Waals surface area (Å²) in [6.45, 7) is 2.55. The van der Waals surface area contributed by atoms with Crippen LogP contribution in [0.3, 0.4) is 0 Å². The summed E-state index contributed by atoms with van der Waals surface area (Å²) >= 11 is 1.66. The Morgan fingerprint density at radius 1 is 1.38 bits per heavy atom. The van der Waals surface area contributed by atoms with Crippen LogP contribution in [0.25, 0.3) is 0 Å². The minimum atomic E-state index is -1.18. The fourth-order valence-electron chi connectivity index (χ4n) is 1.99. The Hall–Kier alpha value is -1.85. The van der Waals surface area contributed by atoms with Gasteiger partial charge in [-0.25, -0.2) is 0 Å². The topological polar surface area (TPSA) is 58.6 Å². The molecule has 112 valence electrons. The molecule has 2 aromatic rings. The van der Waals surface area contributed by atoms with Gasteiger partial charge in [0.1, 0.15) is 5.75 Å². The Bertz CT molecular complexity index is 583. The molecule has 0 aliphatic rings. The highest BCUT2D eigenvalue weighted by atomic mass is 32.1. The first kappa shape index (κ1) is 15.5. The van der Waals surface area contributed by atoms with Gasteiger partial charge >= 0.3 is 0 Å². The molecule has 0 aliphatic heterocycles. The molecule has 4 nitrogen and oxygen atoms in total. The van der Waals surface area contributed by atoms with Crippen molar-refractivity contribution in [2.75, 3.05) is 13.7 Å². The standard InChI is InChI=1S/C16H19NO3S/c1-11(14-7-4-8-21-14)10-17-16(19)15(18)12-5-3-6-13(9-12)20-2/h3-9,11,15,18H,10H2,1-2H3,(H,17,19)/t11-,15-/m0/s1. The predicted molar refractivity (Wildman–Crippen MR) is 83.7 cm³/mol. The number of aliphatic hydroxyl groups excluding tert-OH is 1. The lowest BCUT2D eigenvalue weighted by Crippen LogP contribution is -2.32. The number of carbonyl (C=O) groups excluding carboxylic acids is 1. The average molecular weight is 305 g/mol. The van der Waals surface area contributed by atoms with Crippen molar-refractivity contribution in [1.29, 1.82) is 0 Å². The molecule has 0 radical (unpaired) electrons. The number of carbonyl (C=O) groups is 1. The van der Waals surface area contributed by atoms with Crippen LogP contribution in [0.2, 0.25) is 0 Å². The number of hydrogen-bond donors (Lipinski definition) is 2. The Morgan fingerprint density at radius 2 is 2.19 bits per heavy atom. The summed E-state index contributed by atoms with van der Waals surface area (Å²) in [5.41, 5.74) is 0.524. The first-order valence-corrected chi connectivity index (χ1v) is 7.63. The highest BCUT2D eigenvalue weighted by Gasteiger charge is 2.18. The molecule has 1 aromatic heterocycles. The fraction of sp³-hybridized carbons (Fsp3) is 0.312. The van der Waals surface area contributed by atoms with Crippen molar-refractivity contribution < 1.29 is 14.6 Å². The second kappa shape index (κ2) is 7.24. The molecule has 1 aromatic carbocycles. The lowest BCUT2D eigenvalue weighted by Gasteiger charge is -2.15. The minimum absolute atomic E-state index is 0.228. The summed E-state index contributed by atoms with van der Waals surface area (Å²) in [5.74, 6) is 0.449. The Labute approximate surface area is 128 Å². The predicted octanol–water partition coefficient (Wildman–Crippen LogP) is 2.71. The maximum atomic E-state index is 12.0. The molecule has 1 heterocycles. The van der Waals surface area contributed by atoms with Crippen LogP contribution >= 0.6 is 11.3 Å². The maximum Gasteiger partial charge on any atom is 0.253 e. The molecule has 0 saturated carbocycles. The first-order chi connectivity index (χ1) is 10.1. The SMILES string of the molecule is COc1cccc([C@H](O)C(=O)NC[C@H](C)c2cccs2)c1. The smallest absolute Gasteiger partial charge is 0.253 e. The van der Waals surface area contributed by atoms with Crippen molar-refractivity contribution >= 4 is 17.2 Å². The van der Waals surface area contributed by atoms with Crippen molar-refractivity contribution in [3.8, 4) is 5.75 Å². The summed E-state index contributed by atoms with van der Waals surface area (Å²) in [5, 5.41) is 14.9. The van der Waals surface area contributed by atoms with E-state index in [4.69, 9.17) is 4.74 Å². The van der Waals surface area contributed by atoms with Crippen LogP contribution in [-0.4, -0.2) is 24.7 Å². The molecule has 0 fully saturated rings. The van der Waals surface area contributed by atoms with E-state index in [0.717, 1.165) is 0 Å². The molecular formula is C16H19NO3S. The third kappa shape index (κ3) is 4.06. The summed E-state index contributed by atoms with van der Waals surface area (Å²) in [4.78, 5) is 13.2. The quantitative estimate of drug-likeness (QED) is 0.862. The number of hydrogen-bond acceptors (Lipinski definition) is 4. The van der Waals surface area contributed by atoms with E-state index in [0.29, 0.717) is 17.9 Å². The van der Waals surface area contributed by atoms with E-state index in [9.17, 15) is 9.90 Å². The molecule has 2 N–H and O–H groups in total. The van der Waals surface area contributed by atoms with Gasteiger partial charge in [0.25, 0.3) is 5.91 Å². The molecule has 0 spiro atoms. The van der Waals surface area contributed by atoms with E-state index in [-0.39, 0.29) is 5.92 Å². The van der Waals surface area contributed by atoms with Gasteiger partial charge in [-0.15, -0.1) is 11.3 Å². The monoisotopic (exact) mass is 305 g/mol. The summed E-state index contributed by atoms with van der Waals surface area (Å²) < 4.78 is 5.09. The summed E-state index contributed by atoms with van der Waals surface area (Å²) in [6.07, 6.45) is -1.18. The molecular weight excluding hydrogens is 286 g/mol. The van der Waals surface area contributed by atoms with Gasteiger partial charge in [-0.1, -0.05) is 25.1 Å². The second-order valence-corrected chi connectivity index (χ2v) is 5.82. The van der Waals surface area contributed by atoms with Crippen molar-refractivity contribution in [1.82, 2.24) is 5.32 Å². The van der Waals surface area contributed by atoms with Gasteiger partial charge in [0.05, 0.1) is 7.11 Å². The minimum Gasteiger partial charge on any atom is -0.497 e. The number of rotatable bonds is 6. The van der Waals surface area contributed by atoms with Crippen LogP contribution in [0.5, 0.6) is 5.75 Å². The van der Waals surface area contributed by atoms with E-state index >= 15 is 0 Å². The van der Waals surface area contributed by atoms with Crippen LogP contribution in [-0.2, 0) is 4.79 Å². The molecule has 21 heavy (non-hydrogen) atoms. The van der Waals surface area contributed by atoms with Gasteiger partial charge < -0.3 is 15.2 Å². The van der Waals surface area contributed by atoms with Gasteiger partial charge in [0.2, 0.25) is 0 Å². The second-order valence-electron chi connectivity index (χ2n) is 4.84. The van der Waals surface area contributed by atoms with Gasteiger partial charge in [0.15, 0.2) is 6.10 Å². The fourth-order valence-corrected chi connectivity index (χ4v) is 2.77. The van der Waals surface area contributed by atoms with Gasteiger partial charge in [-0.3, -0.25) is 4.79 Å². The average Bonchev–Trinajstić information content (AvgIpc) is 3.06. The van der Waals surface area contributed by atoms with Crippen LogP contribution in [0.15, 0.2) is 41.8 Å². The number of ether oxygens (including phenoxy) is 1. The Kier molecular flexibility index (Phi) is 5.36. The van der Waals surface area contributed by atoms with E-state index in [1.165, 1.54) is 4.88 Å². The van der Waals surface area contributed by atoms with E-state index in [1.54, 1.807) is 42.7 Å². The number of benzene rings is 1. The third-order valence-corrected chi connectivity index (χ3v) is 4.37. The first-order valence-electron chi connectivity index (χ1n) is 6.75. The van der Waals surface area contributed by atoms with Crippen LogP contribution < -0.4 is 10.1 Å². The summed E-state index contributed by atoms with van der Waals surface area (Å²) in [7, 11) is 1.55. The number of aliphatic hydroxyl groups is 1. The van der Waals surface area contributed by atoms with Crippen LogP contribution in [0, 0.1) is 0 Å². The zero-order valence-electron chi connectivity index (χ0n) is 12.1. The van der Waals surface area contributed by atoms with Crippen molar-refractivity contribution in [2.45, 2.75) is 18.9 Å². The molecule has 2 rings (SSSR count). The highest BCUT2D eigenvalue weighted by molar-refractivity contribution is 7.10. The number of nitrogens with one attached hydrogen (secondary N) is 1. The highest BCUT2D eigenvalue weighted by Crippen LogP contribution is 2.21. The van der Waals surface area contributed by atoms with Crippen molar-refractivity contribution in [3.63, 3.8) is 0 Å². The molecule has 2 atom stereocenters. The third-order valence-electron chi connectivity index (χ3n) is 3.27. The Balaban J connectivity index is 1.93. The zero-order chi connectivity index (χ0) is 15.2. The lowest BCUT2D eigenvalue weighted by molar-refractivity contribution is -0.129.